The number of ether oxygens (including phenoxy) is 2. The van der Waals surface area contributed by atoms with Crippen LogP contribution in [-0.4, -0.2) is 23.9 Å². The Morgan fingerprint density at radius 2 is 2.00 bits per heavy atom. The number of rotatable bonds is 1. The third-order valence-corrected chi connectivity index (χ3v) is 5.37. The fourth-order valence-electron chi connectivity index (χ4n) is 4.56. The predicted octanol–water partition coefficient (Wildman–Crippen LogP) is 2.72. The first-order chi connectivity index (χ1) is 10.2. The minimum Gasteiger partial charge on any atom is -0.347 e. The second kappa shape index (κ2) is 4.78. The van der Waals surface area contributed by atoms with Crippen LogP contribution >= 0.6 is 0 Å². The molecule has 0 amide bonds. The molecule has 1 heterocycles. The molecule has 1 spiro atoms. The van der Waals surface area contributed by atoms with Crippen molar-refractivity contribution >= 4 is 0 Å². The molecule has 21 heavy (non-hydrogen) atoms. The van der Waals surface area contributed by atoms with Gasteiger partial charge in [0.25, 0.3) is 0 Å². The van der Waals surface area contributed by atoms with E-state index in [1.807, 2.05) is 24.3 Å². The maximum absolute atomic E-state index is 11.7. The van der Waals surface area contributed by atoms with Crippen LogP contribution in [0, 0.1) is 22.0 Å². The number of fused-ring (bicyclic) bond motifs is 3. The zero-order valence-corrected chi connectivity index (χ0v) is 11.9. The van der Waals surface area contributed by atoms with E-state index in [-0.39, 0.29) is 16.8 Å². The molecule has 4 rings (SSSR count). The Hall–Kier alpha value is -1.46. The lowest BCUT2D eigenvalue weighted by molar-refractivity contribution is -0.546. The summed E-state index contributed by atoms with van der Waals surface area (Å²) in [6.07, 6.45) is 3.51. The molecule has 0 radical (unpaired) electrons. The number of hydrogen-bond acceptors (Lipinski definition) is 4. The van der Waals surface area contributed by atoms with Crippen molar-refractivity contribution in [2.24, 2.45) is 11.8 Å². The van der Waals surface area contributed by atoms with Gasteiger partial charge in [-0.1, -0.05) is 24.3 Å². The van der Waals surface area contributed by atoms with E-state index >= 15 is 0 Å². The molecule has 5 nitrogen and oxygen atoms in total. The van der Waals surface area contributed by atoms with Crippen LogP contribution in [0.15, 0.2) is 24.3 Å². The Balaban J connectivity index is 1.80. The first-order valence-electron chi connectivity index (χ1n) is 7.70. The molecule has 2 fully saturated rings. The Bertz CT molecular complexity index is 567. The summed E-state index contributed by atoms with van der Waals surface area (Å²) in [7, 11) is 0. The standard InChI is InChI=1S/C16H19NO4/c18-17(19)15-12-5-2-1-4-11(12)10-14-13(15)6-3-7-16(14)20-8-9-21-16/h1-2,4-5,13-15H,3,6-10H2/t13?,14-,15?/m0/s1. The highest BCUT2D eigenvalue weighted by Crippen LogP contribution is 2.53. The van der Waals surface area contributed by atoms with Crippen molar-refractivity contribution in [3.8, 4) is 0 Å². The SMILES string of the molecule is O=[N+]([O-])C1c2ccccc2C[C@H]2C1CCCC21OCCO1. The summed E-state index contributed by atoms with van der Waals surface area (Å²) in [6, 6.07) is 7.17. The Labute approximate surface area is 123 Å². The lowest BCUT2D eigenvalue weighted by Crippen LogP contribution is -2.51. The van der Waals surface area contributed by atoms with Gasteiger partial charge in [0.05, 0.1) is 13.2 Å². The van der Waals surface area contributed by atoms with Gasteiger partial charge < -0.3 is 9.47 Å². The highest BCUT2D eigenvalue weighted by Gasteiger charge is 2.57. The third-order valence-electron chi connectivity index (χ3n) is 5.37. The Kier molecular flexibility index (Phi) is 3.01. The Morgan fingerprint density at radius 1 is 1.24 bits per heavy atom. The number of nitrogens with zero attached hydrogens (tertiary/aromatic N) is 1. The number of hydrogen-bond donors (Lipinski definition) is 0. The van der Waals surface area contributed by atoms with Gasteiger partial charge in [-0.15, -0.1) is 0 Å². The lowest BCUT2D eigenvalue weighted by Gasteiger charge is -2.47. The van der Waals surface area contributed by atoms with Crippen molar-refractivity contribution in [2.75, 3.05) is 13.2 Å². The minimum atomic E-state index is -0.620. The molecule has 2 unspecified atom stereocenters. The molecular weight excluding hydrogens is 270 g/mol. The smallest absolute Gasteiger partial charge is 0.241 e. The van der Waals surface area contributed by atoms with Gasteiger partial charge in [-0.25, -0.2) is 0 Å². The van der Waals surface area contributed by atoms with Gasteiger partial charge in [-0.3, -0.25) is 10.1 Å². The summed E-state index contributed by atoms with van der Waals surface area (Å²) in [5, 5.41) is 11.7. The molecule has 5 heteroatoms. The van der Waals surface area contributed by atoms with Crippen molar-refractivity contribution < 1.29 is 14.4 Å². The van der Waals surface area contributed by atoms with Crippen molar-refractivity contribution in [1.29, 1.82) is 0 Å². The van der Waals surface area contributed by atoms with Gasteiger partial charge >= 0.3 is 0 Å². The fourth-order valence-corrected chi connectivity index (χ4v) is 4.56. The van der Waals surface area contributed by atoms with E-state index in [2.05, 4.69) is 0 Å². The van der Waals surface area contributed by atoms with Gasteiger partial charge in [0.2, 0.25) is 6.04 Å². The number of nitro groups is 1. The predicted molar refractivity (Wildman–Crippen MR) is 75.3 cm³/mol. The average Bonchev–Trinajstić information content (AvgIpc) is 2.94. The van der Waals surface area contributed by atoms with Crippen LogP contribution in [-0.2, 0) is 15.9 Å². The summed E-state index contributed by atoms with van der Waals surface area (Å²) in [4.78, 5) is 11.6. The Morgan fingerprint density at radius 3 is 2.76 bits per heavy atom. The van der Waals surface area contributed by atoms with Gasteiger partial charge in [0.15, 0.2) is 5.79 Å². The monoisotopic (exact) mass is 289 g/mol. The first kappa shape index (κ1) is 13.2. The van der Waals surface area contributed by atoms with Crippen molar-refractivity contribution in [2.45, 2.75) is 37.5 Å². The summed E-state index contributed by atoms with van der Waals surface area (Å²) < 4.78 is 11.9. The second-order valence-corrected chi connectivity index (χ2v) is 6.30. The van der Waals surface area contributed by atoms with Crippen LogP contribution in [0.25, 0.3) is 0 Å². The van der Waals surface area contributed by atoms with Gasteiger partial charge in [0, 0.05) is 28.7 Å². The zero-order chi connectivity index (χ0) is 14.4. The summed E-state index contributed by atoms with van der Waals surface area (Å²) in [5.41, 5.74) is 1.97. The maximum Gasteiger partial charge on any atom is 0.241 e. The van der Waals surface area contributed by atoms with E-state index < -0.39 is 11.8 Å². The molecule has 1 aromatic rings. The molecule has 1 saturated heterocycles. The van der Waals surface area contributed by atoms with E-state index in [0.717, 1.165) is 36.8 Å². The molecule has 3 atom stereocenters. The molecule has 112 valence electrons. The van der Waals surface area contributed by atoms with E-state index in [4.69, 9.17) is 9.47 Å². The largest absolute Gasteiger partial charge is 0.347 e. The van der Waals surface area contributed by atoms with E-state index in [0.29, 0.717) is 13.2 Å². The van der Waals surface area contributed by atoms with Crippen LogP contribution in [0.4, 0.5) is 0 Å². The molecule has 0 aromatic heterocycles. The molecule has 2 aliphatic carbocycles. The minimum absolute atomic E-state index is 0.0155. The van der Waals surface area contributed by atoms with E-state index in [9.17, 15) is 10.1 Å². The maximum atomic E-state index is 11.7. The zero-order valence-electron chi connectivity index (χ0n) is 11.9. The van der Waals surface area contributed by atoms with Crippen molar-refractivity contribution in [3.05, 3.63) is 45.5 Å². The van der Waals surface area contributed by atoms with Gasteiger partial charge in [-0.2, -0.15) is 0 Å². The quantitative estimate of drug-likeness (QED) is 0.589. The van der Waals surface area contributed by atoms with Crippen LogP contribution in [0.3, 0.4) is 0 Å². The first-order valence-corrected chi connectivity index (χ1v) is 7.70. The number of benzene rings is 1. The summed E-state index contributed by atoms with van der Waals surface area (Å²) in [5.74, 6) is -0.467. The molecular formula is C16H19NO4. The normalized spacial score (nSPS) is 33.4. The molecule has 1 saturated carbocycles. The van der Waals surface area contributed by atoms with Crippen LogP contribution in [0.1, 0.15) is 36.4 Å². The third kappa shape index (κ3) is 1.91. The van der Waals surface area contributed by atoms with E-state index in [1.54, 1.807) is 0 Å². The highest BCUT2D eigenvalue weighted by atomic mass is 16.7. The molecule has 1 aromatic carbocycles. The van der Waals surface area contributed by atoms with Crippen molar-refractivity contribution in [1.82, 2.24) is 0 Å². The highest BCUT2D eigenvalue weighted by molar-refractivity contribution is 5.33. The topological polar surface area (TPSA) is 61.6 Å². The molecule has 0 bridgehead atoms. The molecule has 1 aliphatic heterocycles. The van der Waals surface area contributed by atoms with Crippen molar-refractivity contribution in [3.63, 3.8) is 0 Å². The second-order valence-electron chi connectivity index (χ2n) is 6.30. The average molecular weight is 289 g/mol. The van der Waals surface area contributed by atoms with E-state index in [1.165, 1.54) is 0 Å². The van der Waals surface area contributed by atoms with Gasteiger partial charge in [0.1, 0.15) is 0 Å². The lowest BCUT2D eigenvalue weighted by atomic mass is 9.63. The van der Waals surface area contributed by atoms with Crippen LogP contribution < -0.4 is 0 Å². The fraction of sp³-hybridized carbons (Fsp3) is 0.625. The summed E-state index contributed by atoms with van der Waals surface area (Å²) in [6.45, 7) is 1.21. The molecule has 0 N–H and O–H groups in total. The van der Waals surface area contributed by atoms with Crippen LogP contribution in [0.2, 0.25) is 0 Å². The van der Waals surface area contributed by atoms with Crippen LogP contribution in [0.5, 0.6) is 0 Å². The summed E-state index contributed by atoms with van der Waals surface area (Å²) >= 11 is 0. The molecule has 3 aliphatic rings. The van der Waals surface area contributed by atoms with Gasteiger partial charge in [-0.05, 0) is 24.8 Å².